The summed E-state index contributed by atoms with van der Waals surface area (Å²) < 4.78 is 5.19. The van der Waals surface area contributed by atoms with Crippen LogP contribution in [0.3, 0.4) is 0 Å². The largest absolute Gasteiger partial charge is 0.383 e. The Labute approximate surface area is 116 Å². The van der Waals surface area contributed by atoms with Gasteiger partial charge < -0.3 is 15.0 Å². The lowest BCUT2D eigenvalue weighted by Crippen LogP contribution is -2.32. The topological polar surface area (TPSA) is 50.3 Å². The van der Waals surface area contributed by atoms with Crippen LogP contribution in [0.2, 0.25) is 0 Å². The first-order chi connectivity index (χ1) is 9.08. The van der Waals surface area contributed by atoms with Crippen molar-refractivity contribution in [2.24, 2.45) is 5.92 Å². The van der Waals surface area contributed by atoms with E-state index in [2.05, 4.69) is 34.0 Å². The van der Waals surface area contributed by atoms with Crippen molar-refractivity contribution in [2.45, 2.75) is 27.7 Å². The lowest BCUT2D eigenvalue weighted by atomic mass is 10.2. The molecule has 1 aromatic heterocycles. The van der Waals surface area contributed by atoms with E-state index in [0.717, 1.165) is 31.0 Å². The summed E-state index contributed by atoms with van der Waals surface area (Å²) in [5.41, 5.74) is 1.10. The highest BCUT2D eigenvalue weighted by atomic mass is 16.5. The summed E-state index contributed by atoms with van der Waals surface area (Å²) in [7, 11) is 1.73. The normalized spacial score (nSPS) is 10.8. The van der Waals surface area contributed by atoms with Gasteiger partial charge in [0, 0.05) is 38.5 Å². The summed E-state index contributed by atoms with van der Waals surface area (Å²) in [6.07, 6.45) is 1.88. The molecule has 0 fully saturated rings. The summed E-state index contributed by atoms with van der Waals surface area (Å²) in [4.78, 5) is 11.2. The number of hydrogen-bond acceptors (Lipinski definition) is 5. The van der Waals surface area contributed by atoms with E-state index in [4.69, 9.17) is 4.74 Å². The first-order valence-corrected chi connectivity index (χ1v) is 6.89. The predicted molar refractivity (Wildman–Crippen MR) is 79.9 cm³/mol. The molecule has 1 aromatic rings. The number of aromatic nitrogens is 2. The summed E-state index contributed by atoms with van der Waals surface area (Å²) >= 11 is 0. The molecule has 5 heteroatoms. The Balaban J connectivity index is 2.94. The third-order valence-electron chi connectivity index (χ3n) is 2.73. The van der Waals surface area contributed by atoms with Crippen LogP contribution in [0.25, 0.3) is 0 Å². The number of hydrogen-bond donors (Lipinski definition) is 1. The van der Waals surface area contributed by atoms with Crippen molar-refractivity contribution in [3.05, 3.63) is 11.8 Å². The van der Waals surface area contributed by atoms with Gasteiger partial charge in [-0.25, -0.2) is 4.98 Å². The van der Waals surface area contributed by atoms with E-state index in [9.17, 15) is 0 Å². The van der Waals surface area contributed by atoms with E-state index in [1.54, 1.807) is 7.11 Å². The molecule has 1 heterocycles. The fraction of sp³-hybridized carbons (Fsp3) is 0.714. The van der Waals surface area contributed by atoms with Crippen molar-refractivity contribution in [1.82, 2.24) is 9.97 Å². The van der Waals surface area contributed by atoms with Gasteiger partial charge in [-0.05, 0) is 19.8 Å². The van der Waals surface area contributed by atoms with E-state index in [1.807, 2.05) is 20.0 Å². The van der Waals surface area contributed by atoms with E-state index in [0.29, 0.717) is 18.5 Å². The molecule has 5 nitrogen and oxygen atoms in total. The predicted octanol–water partition coefficient (Wildman–Crippen LogP) is 2.33. The Hall–Kier alpha value is -1.36. The van der Waals surface area contributed by atoms with E-state index in [-0.39, 0.29) is 0 Å². The van der Waals surface area contributed by atoms with Gasteiger partial charge in [0.2, 0.25) is 5.95 Å². The van der Waals surface area contributed by atoms with Gasteiger partial charge in [0.1, 0.15) is 5.82 Å². The summed E-state index contributed by atoms with van der Waals surface area (Å²) in [6, 6.07) is 0. The van der Waals surface area contributed by atoms with Crippen LogP contribution in [0.15, 0.2) is 6.20 Å². The lowest BCUT2D eigenvalue weighted by Gasteiger charge is -2.27. The van der Waals surface area contributed by atoms with Gasteiger partial charge in [0.05, 0.1) is 6.61 Å². The molecule has 0 unspecified atom stereocenters. The first-order valence-electron chi connectivity index (χ1n) is 6.89. The van der Waals surface area contributed by atoms with Crippen LogP contribution >= 0.6 is 0 Å². The molecule has 108 valence electrons. The molecule has 0 radical (unpaired) electrons. The van der Waals surface area contributed by atoms with Crippen LogP contribution < -0.4 is 10.2 Å². The maximum absolute atomic E-state index is 5.19. The molecule has 19 heavy (non-hydrogen) atoms. The second kappa shape index (κ2) is 7.94. The summed E-state index contributed by atoms with van der Waals surface area (Å²) in [5.74, 6) is 2.26. The molecule has 0 saturated heterocycles. The van der Waals surface area contributed by atoms with Crippen LogP contribution in [-0.4, -0.2) is 43.3 Å². The highest BCUT2D eigenvalue weighted by Crippen LogP contribution is 2.19. The molecule has 0 bridgehead atoms. The molecular weight excluding hydrogens is 240 g/mol. The minimum absolute atomic E-state index is 0.578. The molecule has 1 N–H and O–H groups in total. The maximum atomic E-state index is 5.19. The molecule has 0 aliphatic carbocycles. The maximum Gasteiger partial charge on any atom is 0.224 e. The monoisotopic (exact) mass is 266 g/mol. The fourth-order valence-electron chi connectivity index (χ4n) is 1.92. The Morgan fingerprint density at radius 2 is 2.16 bits per heavy atom. The van der Waals surface area contributed by atoms with Gasteiger partial charge in [-0.2, -0.15) is 4.98 Å². The molecule has 0 spiro atoms. The van der Waals surface area contributed by atoms with Crippen LogP contribution in [0.4, 0.5) is 11.8 Å². The van der Waals surface area contributed by atoms with Gasteiger partial charge >= 0.3 is 0 Å². The van der Waals surface area contributed by atoms with Crippen molar-refractivity contribution in [3.8, 4) is 0 Å². The van der Waals surface area contributed by atoms with Crippen LogP contribution in [0.5, 0.6) is 0 Å². The summed E-state index contributed by atoms with van der Waals surface area (Å²) in [6.45, 7) is 11.8. The number of anilines is 2. The number of aryl methyl sites for hydroxylation is 1. The lowest BCUT2D eigenvalue weighted by molar-refractivity contribution is 0.204. The van der Waals surface area contributed by atoms with Gasteiger partial charge in [0.25, 0.3) is 0 Å². The van der Waals surface area contributed by atoms with Crippen molar-refractivity contribution >= 4 is 11.8 Å². The molecule has 0 amide bonds. The number of rotatable bonds is 8. The first kappa shape index (κ1) is 15.7. The smallest absolute Gasteiger partial charge is 0.224 e. The zero-order valence-electron chi connectivity index (χ0n) is 12.7. The molecular formula is C14H26N4O. The minimum atomic E-state index is 0.578. The van der Waals surface area contributed by atoms with E-state index >= 15 is 0 Å². The Kier molecular flexibility index (Phi) is 6.56. The van der Waals surface area contributed by atoms with Gasteiger partial charge in [-0.15, -0.1) is 0 Å². The van der Waals surface area contributed by atoms with Gasteiger partial charge in [0.15, 0.2) is 0 Å². The van der Waals surface area contributed by atoms with Crippen LogP contribution in [0.1, 0.15) is 26.3 Å². The molecule has 0 aliphatic heterocycles. The standard InChI is InChI=1S/C14H26N4O/c1-6-15-14-16-9-12(4)13(17-14)18(7-8-19-5)10-11(2)3/h9,11H,6-8,10H2,1-5H3,(H,15,16,17). The molecule has 0 aliphatic rings. The fourth-order valence-corrected chi connectivity index (χ4v) is 1.92. The SMILES string of the molecule is CCNc1ncc(C)c(N(CCOC)CC(C)C)n1. The Morgan fingerprint density at radius 3 is 2.74 bits per heavy atom. The summed E-state index contributed by atoms with van der Waals surface area (Å²) in [5, 5.41) is 3.16. The second-order valence-electron chi connectivity index (χ2n) is 5.06. The molecule has 1 rings (SSSR count). The quantitative estimate of drug-likeness (QED) is 0.782. The highest BCUT2D eigenvalue weighted by Gasteiger charge is 2.13. The van der Waals surface area contributed by atoms with Crippen molar-refractivity contribution < 1.29 is 4.74 Å². The number of ether oxygens (including phenoxy) is 1. The highest BCUT2D eigenvalue weighted by molar-refractivity contribution is 5.49. The second-order valence-corrected chi connectivity index (χ2v) is 5.06. The third-order valence-corrected chi connectivity index (χ3v) is 2.73. The minimum Gasteiger partial charge on any atom is -0.383 e. The number of nitrogens with one attached hydrogen (secondary N) is 1. The number of methoxy groups -OCH3 is 1. The molecule has 0 aromatic carbocycles. The molecule has 0 saturated carbocycles. The van der Waals surface area contributed by atoms with Crippen molar-refractivity contribution in [1.29, 1.82) is 0 Å². The average Bonchev–Trinajstić information content (AvgIpc) is 2.37. The Morgan fingerprint density at radius 1 is 1.42 bits per heavy atom. The van der Waals surface area contributed by atoms with E-state index < -0.39 is 0 Å². The third kappa shape index (κ3) is 5.03. The zero-order chi connectivity index (χ0) is 14.3. The molecule has 0 atom stereocenters. The number of nitrogens with zero attached hydrogens (tertiary/aromatic N) is 3. The van der Waals surface area contributed by atoms with Crippen molar-refractivity contribution in [2.75, 3.05) is 43.6 Å². The Bertz CT molecular complexity index is 382. The van der Waals surface area contributed by atoms with Crippen LogP contribution in [-0.2, 0) is 4.74 Å². The van der Waals surface area contributed by atoms with Gasteiger partial charge in [-0.1, -0.05) is 13.8 Å². The zero-order valence-corrected chi connectivity index (χ0v) is 12.7. The van der Waals surface area contributed by atoms with Gasteiger partial charge in [-0.3, -0.25) is 0 Å². The average molecular weight is 266 g/mol. The van der Waals surface area contributed by atoms with Crippen molar-refractivity contribution in [3.63, 3.8) is 0 Å². The van der Waals surface area contributed by atoms with Crippen LogP contribution in [0, 0.1) is 12.8 Å². The van der Waals surface area contributed by atoms with E-state index in [1.165, 1.54) is 0 Å².